The Balaban J connectivity index is 1.93. The highest BCUT2D eigenvalue weighted by Gasteiger charge is 2.19. The van der Waals surface area contributed by atoms with Crippen LogP contribution in [-0.4, -0.2) is 19.1 Å². The Morgan fingerprint density at radius 3 is 2.67 bits per heavy atom. The average molecular weight is 243 g/mol. The predicted octanol–water partition coefficient (Wildman–Crippen LogP) is 2.65. The molecule has 0 amide bonds. The molecule has 3 heteroatoms. The summed E-state index contributed by atoms with van der Waals surface area (Å²) in [5.41, 5.74) is 1.78. The minimum absolute atomic E-state index is 0.411. The second-order valence-electron chi connectivity index (χ2n) is 5.49. The molecule has 1 fully saturated rings. The van der Waals surface area contributed by atoms with E-state index in [1.54, 1.807) is 0 Å². The summed E-state index contributed by atoms with van der Waals surface area (Å²) >= 11 is 0. The van der Waals surface area contributed by atoms with Crippen LogP contribution in [0, 0.1) is 11.3 Å². The highest BCUT2D eigenvalue weighted by atomic mass is 15.0. The number of nitriles is 1. The second-order valence-corrected chi connectivity index (χ2v) is 5.49. The smallest absolute Gasteiger partial charge is 0.0766 e. The number of nitrogens with zero attached hydrogens (tertiary/aromatic N) is 1. The van der Waals surface area contributed by atoms with Crippen LogP contribution in [0.1, 0.15) is 32.3 Å². The fourth-order valence-corrected chi connectivity index (χ4v) is 2.24. The van der Waals surface area contributed by atoms with Crippen LogP contribution in [0.5, 0.6) is 0 Å². The number of hydrogen-bond donors (Lipinski definition) is 2. The first-order chi connectivity index (χ1) is 8.62. The van der Waals surface area contributed by atoms with Gasteiger partial charge in [0.05, 0.1) is 11.5 Å². The normalized spacial score (nSPS) is 19.5. The van der Waals surface area contributed by atoms with Crippen LogP contribution in [0.15, 0.2) is 24.3 Å². The molecule has 1 aliphatic heterocycles. The molecule has 1 aliphatic rings. The van der Waals surface area contributed by atoms with Gasteiger partial charge < -0.3 is 10.6 Å². The monoisotopic (exact) mass is 243 g/mol. The van der Waals surface area contributed by atoms with E-state index < -0.39 is 5.41 Å². The number of benzene rings is 1. The van der Waals surface area contributed by atoms with Crippen molar-refractivity contribution in [3.63, 3.8) is 0 Å². The van der Waals surface area contributed by atoms with Gasteiger partial charge in [0.25, 0.3) is 0 Å². The summed E-state index contributed by atoms with van der Waals surface area (Å²) in [6.45, 7) is 6.00. The van der Waals surface area contributed by atoms with E-state index in [1.165, 1.54) is 12.8 Å². The zero-order valence-electron chi connectivity index (χ0n) is 11.2. The first-order valence-electron chi connectivity index (χ1n) is 6.61. The van der Waals surface area contributed by atoms with Crippen LogP contribution >= 0.6 is 0 Å². The number of nitrogens with one attached hydrogen (secondary N) is 2. The van der Waals surface area contributed by atoms with Gasteiger partial charge >= 0.3 is 0 Å². The van der Waals surface area contributed by atoms with Gasteiger partial charge in [-0.2, -0.15) is 5.26 Å². The van der Waals surface area contributed by atoms with E-state index >= 15 is 0 Å². The maximum atomic E-state index is 9.09. The molecule has 1 unspecified atom stereocenters. The molecule has 0 spiro atoms. The highest BCUT2D eigenvalue weighted by Crippen LogP contribution is 2.23. The molecule has 18 heavy (non-hydrogen) atoms. The van der Waals surface area contributed by atoms with Crippen molar-refractivity contribution in [2.24, 2.45) is 0 Å². The summed E-state index contributed by atoms with van der Waals surface area (Å²) in [5.74, 6) is 0. The molecule has 0 radical (unpaired) electrons. The number of hydrogen-bond acceptors (Lipinski definition) is 3. The third-order valence-electron chi connectivity index (χ3n) is 3.60. The highest BCUT2D eigenvalue weighted by molar-refractivity contribution is 5.47. The van der Waals surface area contributed by atoms with Gasteiger partial charge in [0.15, 0.2) is 0 Å². The molecular weight excluding hydrogens is 222 g/mol. The van der Waals surface area contributed by atoms with Gasteiger partial charge in [-0.05, 0) is 50.9 Å². The standard InChI is InChI=1S/C15H21N3/c1-15(2,11-16)12-5-7-13(8-6-12)18-10-14-4-3-9-17-14/h5-8,14,17-18H,3-4,9-10H2,1-2H3. The van der Waals surface area contributed by atoms with E-state index in [-0.39, 0.29) is 0 Å². The van der Waals surface area contributed by atoms with Crippen molar-refractivity contribution in [1.82, 2.24) is 5.32 Å². The maximum absolute atomic E-state index is 9.09. The third kappa shape index (κ3) is 3.02. The minimum atomic E-state index is -0.411. The van der Waals surface area contributed by atoms with E-state index in [2.05, 4.69) is 28.8 Å². The first kappa shape index (κ1) is 12.9. The van der Waals surface area contributed by atoms with Gasteiger partial charge in [-0.15, -0.1) is 0 Å². The Labute approximate surface area is 109 Å². The van der Waals surface area contributed by atoms with E-state index in [1.807, 2.05) is 26.0 Å². The Hall–Kier alpha value is -1.53. The topological polar surface area (TPSA) is 47.9 Å². The SMILES string of the molecule is CC(C)(C#N)c1ccc(NCC2CCCN2)cc1. The summed E-state index contributed by atoms with van der Waals surface area (Å²) in [6, 6.07) is 11.1. The lowest BCUT2D eigenvalue weighted by molar-refractivity contribution is 0.633. The van der Waals surface area contributed by atoms with E-state index in [4.69, 9.17) is 5.26 Å². The largest absolute Gasteiger partial charge is 0.383 e. The molecule has 2 N–H and O–H groups in total. The maximum Gasteiger partial charge on any atom is 0.0766 e. The summed E-state index contributed by atoms with van der Waals surface area (Å²) in [5, 5.41) is 16.0. The molecule has 1 heterocycles. The Morgan fingerprint density at radius 2 is 2.11 bits per heavy atom. The molecule has 1 aromatic rings. The van der Waals surface area contributed by atoms with Crippen LogP contribution < -0.4 is 10.6 Å². The number of anilines is 1. The zero-order chi connectivity index (χ0) is 13.0. The molecule has 1 saturated heterocycles. The van der Waals surface area contributed by atoms with Crippen molar-refractivity contribution in [3.05, 3.63) is 29.8 Å². The van der Waals surface area contributed by atoms with Crippen LogP contribution in [0.3, 0.4) is 0 Å². The van der Waals surface area contributed by atoms with Gasteiger partial charge in [0.1, 0.15) is 0 Å². The predicted molar refractivity (Wildman–Crippen MR) is 74.6 cm³/mol. The molecule has 0 bridgehead atoms. The van der Waals surface area contributed by atoms with Crippen molar-refractivity contribution in [1.29, 1.82) is 5.26 Å². The summed E-state index contributed by atoms with van der Waals surface area (Å²) in [4.78, 5) is 0. The summed E-state index contributed by atoms with van der Waals surface area (Å²) in [6.07, 6.45) is 2.54. The summed E-state index contributed by atoms with van der Waals surface area (Å²) in [7, 11) is 0. The van der Waals surface area contributed by atoms with E-state index in [0.717, 1.165) is 24.3 Å². The van der Waals surface area contributed by atoms with Crippen LogP contribution in [0.25, 0.3) is 0 Å². The molecule has 0 saturated carbocycles. The second kappa shape index (κ2) is 5.41. The lowest BCUT2D eigenvalue weighted by atomic mass is 9.86. The Morgan fingerprint density at radius 1 is 1.39 bits per heavy atom. The van der Waals surface area contributed by atoms with Gasteiger partial charge in [0.2, 0.25) is 0 Å². The van der Waals surface area contributed by atoms with Crippen molar-refractivity contribution in [2.75, 3.05) is 18.4 Å². The van der Waals surface area contributed by atoms with Crippen molar-refractivity contribution in [2.45, 2.75) is 38.1 Å². The van der Waals surface area contributed by atoms with Gasteiger partial charge in [-0.25, -0.2) is 0 Å². The van der Waals surface area contributed by atoms with Crippen molar-refractivity contribution < 1.29 is 0 Å². The van der Waals surface area contributed by atoms with Crippen molar-refractivity contribution >= 4 is 5.69 Å². The molecular formula is C15H21N3. The molecule has 96 valence electrons. The number of rotatable bonds is 4. The van der Waals surface area contributed by atoms with Crippen molar-refractivity contribution in [3.8, 4) is 6.07 Å². The molecule has 1 atom stereocenters. The fraction of sp³-hybridized carbons (Fsp3) is 0.533. The Bertz CT molecular complexity index is 422. The first-order valence-corrected chi connectivity index (χ1v) is 6.61. The van der Waals surface area contributed by atoms with Crippen LogP contribution in [0.2, 0.25) is 0 Å². The zero-order valence-corrected chi connectivity index (χ0v) is 11.2. The van der Waals surface area contributed by atoms with Gasteiger partial charge in [-0.1, -0.05) is 12.1 Å². The lowest BCUT2D eigenvalue weighted by Crippen LogP contribution is -2.29. The third-order valence-corrected chi connectivity index (χ3v) is 3.60. The summed E-state index contributed by atoms with van der Waals surface area (Å²) < 4.78 is 0. The van der Waals surface area contributed by atoms with Crippen LogP contribution in [-0.2, 0) is 5.41 Å². The minimum Gasteiger partial charge on any atom is -0.383 e. The molecule has 2 rings (SSSR count). The molecule has 3 nitrogen and oxygen atoms in total. The van der Waals surface area contributed by atoms with Gasteiger partial charge in [-0.3, -0.25) is 0 Å². The Kier molecular flexibility index (Phi) is 3.88. The van der Waals surface area contributed by atoms with E-state index in [9.17, 15) is 0 Å². The van der Waals surface area contributed by atoms with Gasteiger partial charge in [0, 0.05) is 18.3 Å². The lowest BCUT2D eigenvalue weighted by Gasteiger charge is -2.17. The average Bonchev–Trinajstić information content (AvgIpc) is 2.90. The molecule has 1 aromatic carbocycles. The van der Waals surface area contributed by atoms with E-state index in [0.29, 0.717) is 6.04 Å². The quantitative estimate of drug-likeness (QED) is 0.854. The van der Waals surface area contributed by atoms with Crippen LogP contribution in [0.4, 0.5) is 5.69 Å². The molecule has 0 aliphatic carbocycles. The fourth-order valence-electron chi connectivity index (χ4n) is 2.24. The molecule has 0 aromatic heterocycles.